The highest BCUT2D eigenvalue weighted by atomic mass is 32.2. The molecule has 3 aromatic rings. The van der Waals surface area contributed by atoms with Crippen molar-refractivity contribution in [3.63, 3.8) is 0 Å². The van der Waals surface area contributed by atoms with Crippen molar-refractivity contribution in [2.24, 2.45) is 0 Å². The Morgan fingerprint density at radius 1 is 1.00 bits per heavy atom. The second-order valence-electron chi connectivity index (χ2n) is 9.25. The molecule has 1 aliphatic carbocycles. The number of Topliss-reactive ketones (excluding diaryl/α,β-unsaturated/α-hetero) is 1. The molecule has 5 rings (SSSR count). The van der Waals surface area contributed by atoms with E-state index < -0.39 is 0 Å². The summed E-state index contributed by atoms with van der Waals surface area (Å²) in [5, 5.41) is 9.82. The van der Waals surface area contributed by atoms with Gasteiger partial charge in [-0.05, 0) is 73.4 Å². The Bertz CT molecular complexity index is 1290. The van der Waals surface area contributed by atoms with Crippen LogP contribution < -0.4 is 16.0 Å². The first-order chi connectivity index (χ1) is 17.6. The lowest BCUT2D eigenvalue weighted by atomic mass is 9.90. The Balaban J connectivity index is 1.38. The van der Waals surface area contributed by atoms with E-state index in [-0.39, 0.29) is 11.7 Å². The Morgan fingerprint density at radius 3 is 2.75 bits per heavy atom. The number of unbranched alkanes of at least 4 members (excludes halogenated alkanes) is 1. The lowest BCUT2D eigenvalue weighted by molar-refractivity contribution is -0.116. The summed E-state index contributed by atoms with van der Waals surface area (Å²) in [6.45, 7) is 2.08. The Hall–Kier alpha value is -3.39. The van der Waals surface area contributed by atoms with Crippen molar-refractivity contribution in [3.8, 4) is 0 Å². The molecular weight excluding hydrogens is 470 g/mol. The molecule has 1 amide bonds. The van der Waals surface area contributed by atoms with Crippen LogP contribution in [0.2, 0.25) is 0 Å². The van der Waals surface area contributed by atoms with Crippen molar-refractivity contribution >= 4 is 52.3 Å². The van der Waals surface area contributed by atoms with Gasteiger partial charge in [0.2, 0.25) is 11.9 Å². The lowest BCUT2D eigenvalue weighted by Gasteiger charge is -2.21. The maximum absolute atomic E-state index is 12.2. The van der Waals surface area contributed by atoms with Crippen molar-refractivity contribution in [1.82, 2.24) is 9.97 Å². The Kier molecular flexibility index (Phi) is 7.51. The zero-order chi connectivity index (χ0) is 24.9. The maximum atomic E-state index is 12.2. The second-order valence-corrected chi connectivity index (χ2v) is 10.4. The van der Waals surface area contributed by atoms with Crippen LogP contribution in [-0.2, 0) is 23.4 Å². The zero-order valence-electron chi connectivity index (χ0n) is 20.5. The molecule has 0 radical (unpaired) electrons. The fraction of sp³-hybridized carbons (Fsp3) is 0.357. The van der Waals surface area contributed by atoms with Gasteiger partial charge in [0.05, 0.1) is 5.69 Å². The number of nitrogens with one attached hydrogen (secondary N) is 3. The average Bonchev–Trinajstić information content (AvgIpc) is 2.88. The van der Waals surface area contributed by atoms with Gasteiger partial charge in [-0.15, -0.1) is 0 Å². The average molecular weight is 502 g/mol. The fourth-order valence-electron chi connectivity index (χ4n) is 4.62. The third kappa shape index (κ3) is 5.70. The number of hydrogen-bond acceptors (Lipinski definition) is 7. The third-order valence-electron chi connectivity index (χ3n) is 6.50. The number of aromatic nitrogens is 2. The van der Waals surface area contributed by atoms with Crippen LogP contribution in [0.3, 0.4) is 0 Å². The molecule has 1 aromatic heterocycles. The molecule has 2 heterocycles. The molecule has 0 atom stereocenters. The summed E-state index contributed by atoms with van der Waals surface area (Å²) < 4.78 is 0. The van der Waals surface area contributed by atoms with Gasteiger partial charge in [0.15, 0.2) is 5.78 Å². The predicted octanol–water partition coefficient (Wildman–Crippen LogP) is 6.40. The lowest BCUT2D eigenvalue weighted by Crippen LogP contribution is -2.14. The molecule has 7 nitrogen and oxygen atoms in total. The first-order valence-corrected chi connectivity index (χ1v) is 13.8. The van der Waals surface area contributed by atoms with Crippen LogP contribution in [0.4, 0.5) is 28.8 Å². The number of nitrogens with zero attached hydrogens (tertiary/aromatic N) is 2. The van der Waals surface area contributed by atoms with Gasteiger partial charge in [-0.3, -0.25) is 9.59 Å². The molecule has 186 valence electrons. The van der Waals surface area contributed by atoms with Crippen LogP contribution in [-0.4, -0.2) is 27.4 Å². The van der Waals surface area contributed by atoms with Gasteiger partial charge < -0.3 is 16.0 Å². The van der Waals surface area contributed by atoms with Gasteiger partial charge >= 0.3 is 0 Å². The smallest absolute Gasteiger partial charge is 0.229 e. The molecule has 2 aromatic carbocycles. The standard InChI is InChI=1S/C28H31N5O2S/c1-2-3-10-26(35)29-19-7-5-8-20(16-19)30-27-23-17-36-14-13-24(23)32-28(33-27)31-21-11-12-22-18(15-21)6-4-9-25(22)34/h5,7-8,11-12,15-16H,2-4,6,9-10,13-14,17H2,1H3,(H,29,35)(H2,30,31,32,33). The van der Waals surface area contributed by atoms with Crippen molar-refractivity contribution in [2.75, 3.05) is 21.7 Å². The van der Waals surface area contributed by atoms with Crippen LogP contribution in [0, 0.1) is 0 Å². The number of anilines is 5. The maximum Gasteiger partial charge on any atom is 0.229 e. The van der Waals surface area contributed by atoms with Crippen LogP contribution in [0.5, 0.6) is 0 Å². The fourth-order valence-corrected chi connectivity index (χ4v) is 5.61. The van der Waals surface area contributed by atoms with Gasteiger partial charge in [-0.25, -0.2) is 4.98 Å². The van der Waals surface area contributed by atoms with E-state index in [0.29, 0.717) is 18.8 Å². The molecule has 3 N–H and O–H groups in total. The van der Waals surface area contributed by atoms with Gasteiger partial charge in [-0.2, -0.15) is 16.7 Å². The molecule has 8 heteroatoms. The summed E-state index contributed by atoms with van der Waals surface area (Å²) in [5.41, 5.74) is 6.59. The summed E-state index contributed by atoms with van der Waals surface area (Å²) in [7, 11) is 0. The molecule has 0 unspecified atom stereocenters. The van der Waals surface area contributed by atoms with E-state index in [9.17, 15) is 9.59 Å². The molecule has 0 bridgehead atoms. The number of carbonyl (C=O) groups is 2. The van der Waals surface area contributed by atoms with Crippen molar-refractivity contribution in [3.05, 3.63) is 64.8 Å². The van der Waals surface area contributed by atoms with Crippen molar-refractivity contribution < 1.29 is 9.59 Å². The number of rotatable bonds is 8. The monoisotopic (exact) mass is 501 g/mol. The molecule has 2 aliphatic rings. The topological polar surface area (TPSA) is 96.0 Å². The van der Waals surface area contributed by atoms with Gasteiger partial charge in [-0.1, -0.05) is 19.4 Å². The summed E-state index contributed by atoms with van der Waals surface area (Å²) >= 11 is 1.88. The van der Waals surface area contributed by atoms with Gasteiger partial charge in [0.1, 0.15) is 5.82 Å². The molecule has 0 fully saturated rings. The predicted molar refractivity (Wildman–Crippen MR) is 147 cm³/mol. The van der Waals surface area contributed by atoms with E-state index in [1.807, 2.05) is 54.2 Å². The molecule has 0 spiro atoms. The molecule has 1 aliphatic heterocycles. The van der Waals surface area contributed by atoms with Gasteiger partial charge in [0, 0.05) is 46.8 Å². The van der Waals surface area contributed by atoms with Crippen LogP contribution in [0.1, 0.15) is 66.2 Å². The van der Waals surface area contributed by atoms with Crippen LogP contribution >= 0.6 is 11.8 Å². The largest absolute Gasteiger partial charge is 0.340 e. The van der Waals surface area contributed by atoms with Crippen molar-refractivity contribution in [1.29, 1.82) is 0 Å². The van der Waals surface area contributed by atoms with Gasteiger partial charge in [0.25, 0.3) is 0 Å². The number of fused-ring (bicyclic) bond motifs is 2. The Morgan fingerprint density at radius 2 is 1.86 bits per heavy atom. The van der Waals surface area contributed by atoms with E-state index in [1.54, 1.807) is 0 Å². The molecule has 0 saturated carbocycles. The van der Waals surface area contributed by atoms with Crippen LogP contribution in [0.25, 0.3) is 0 Å². The molecule has 36 heavy (non-hydrogen) atoms. The number of thioether (sulfide) groups is 1. The number of ketones is 1. The van der Waals surface area contributed by atoms with E-state index in [1.165, 1.54) is 0 Å². The van der Waals surface area contributed by atoms with E-state index in [4.69, 9.17) is 9.97 Å². The zero-order valence-corrected chi connectivity index (χ0v) is 21.3. The third-order valence-corrected chi connectivity index (χ3v) is 7.49. The first kappa shape index (κ1) is 24.3. The summed E-state index contributed by atoms with van der Waals surface area (Å²) in [5.74, 6) is 3.45. The minimum absolute atomic E-state index is 0.0306. The van der Waals surface area contributed by atoms with E-state index in [0.717, 1.165) is 88.9 Å². The number of amides is 1. The highest BCUT2D eigenvalue weighted by molar-refractivity contribution is 7.98. The summed E-state index contributed by atoms with van der Waals surface area (Å²) in [6.07, 6.45) is 5.72. The number of hydrogen-bond donors (Lipinski definition) is 3. The van der Waals surface area contributed by atoms with E-state index in [2.05, 4.69) is 22.9 Å². The molecular formula is C28H31N5O2S. The minimum atomic E-state index is 0.0306. The van der Waals surface area contributed by atoms with Crippen LogP contribution in [0.15, 0.2) is 42.5 Å². The normalized spacial score (nSPS) is 14.5. The second kappa shape index (κ2) is 11.1. The Labute approximate surface area is 215 Å². The number of aryl methyl sites for hydroxylation is 2. The SMILES string of the molecule is CCCCC(=O)Nc1cccc(Nc2nc(Nc3ccc4c(c3)CCCC4=O)nc3c2CSCC3)c1. The quantitative estimate of drug-likeness (QED) is 0.329. The highest BCUT2D eigenvalue weighted by Gasteiger charge is 2.20. The number of carbonyl (C=O) groups excluding carboxylic acids is 2. The van der Waals surface area contributed by atoms with Crippen molar-refractivity contribution in [2.45, 2.75) is 57.6 Å². The highest BCUT2D eigenvalue weighted by Crippen LogP contribution is 2.33. The molecule has 0 saturated heterocycles. The number of benzene rings is 2. The minimum Gasteiger partial charge on any atom is -0.340 e. The first-order valence-electron chi connectivity index (χ1n) is 12.7. The van der Waals surface area contributed by atoms with E-state index >= 15 is 0 Å². The summed E-state index contributed by atoms with van der Waals surface area (Å²) in [4.78, 5) is 34.0. The summed E-state index contributed by atoms with van der Waals surface area (Å²) in [6, 6.07) is 13.6.